The van der Waals surface area contributed by atoms with Gasteiger partial charge in [-0.05, 0) is 99.9 Å². The van der Waals surface area contributed by atoms with Crippen LogP contribution in [0.25, 0.3) is 11.1 Å². The Morgan fingerprint density at radius 3 is 1.38 bits per heavy atom. The number of rotatable bonds is 5. The van der Waals surface area contributed by atoms with Crippen molar-refractivity contribution < 1.29 is 28.5 Å². The molecule has 0 spiro atoms. The fourth-order valence-corrected chi connectivity index (χ4v) is 5.47. The van der Waals surface area contributed by atoms with Gasteiger partial charge in [0.2, 0.25) is 0 Å². The molecule has 2 heterocycles. The maximum absolute atomic E-state index is 13.4. The highest BCUT2D eigenvalue weighted by Gasteiger charge is 2.39. The molecule has 0 N–H and O–H groups in total. The molecule has 2 aliphatic heterocycles. The zero-order valence-electron chi connectivity index (χ0n) is 21.4. The summed E-state index contributed by atoms with van der Waals surface area (Å²) in [6.45, 7) is 17.0. The molecule has 0 saturated heterocycles. The van der Waals surface area contributed by atoms with E-state index in [4.69, 9.17) is 18.9 Å². The average molecular weight is 467 g/mol. The molecule has 2 atom stereocenters. The van der Waals surface area contributed by atoms with Crippen molar-refractivity contribution in [2.45, 2.75) is 80.8 Å². The summed E-state index contributed by atoms with van der Waals surface area (Å²) in [6, 6.07) is 0. The van der Waals surface area contributed by atoms with Crippen LogP contribution in [0.4, 0.5) is 0 Å². The number of benzene rings is 2. The summed E-state index contributed by atoms with van der Waals surface area (Å²) in [7, 11) is 0. The van der Waals surface area contributed by atoms with E-state index in [2.05, 4.69) is 0 Å². The molecule has 0 unspecified atom stereocenters. The highest BCUT2D eigenvalue weighted by Crippen LogP contribution is 2.50. The molecule has 0 aromatic heterocycles. The van der Waals surface area contributed by atoms with Crippen molar-refractivity contribution in [3.05, 3.63) is 55.6 Å². The number of esters is 2. The Balaban J connectivity index is 2.24. The Morgan fingerprint density at radius 1 is 0.706 bits per heavy atom. The molecule has 182 valence electrons. The Labute approximate surface area is 201 Å². The smallest absolute Gasteiger partial charge is 0.339 e. The zero-order valence-corrected chi connectivity index (χ0v) is 21.4. The maximum Gasteiger partial charge on any atom is 0.339 e. The summed E-state index contributed by atoms with van der Waals surface area (Å²) in [5.74, 6) is -0.790. The molecule has 2 aliphatic rings. The van der Waals surface area contributed by atoms with Gasteiger partial charge in [0, 0.05) is 11.1 Å². The van der Waals surface area contributed by atoms with Crippen LogP contribution in [0.1, 0.15) is 105 Å². The molecule has 6 heteroatoms. The second-order valence-corrected chi connectivity index (χ2v) is 9.13. The number of ether oxygens (including phenoxy) is 4. The van der Waals surface area contributed by atoms with Crippen molar-refractivity contribution in [2.24, 2.45) is 0 Å². The Bertz CT molecular complexity index is 1100. The largest absolute Gasteiger partial charge is 0.462 e. The standard InChI is InChI=1S/C28H34O6/c1-9-31-27(29)21-15(5)13(3)19-11-33-17(7)23(19)25(21)26-22(28(30)32-10-2)16(6)14(4)20-12-34-18(8)24(20)26/h17-18H,9-12H2,1-8H3/t17-,18-/m1/s1. The third kappa shape index (κ3) is 3.55. The van der Waals surface area contributed by atoms with Gasteiger partial charge in [-0.2, -0.15) is 0 Å². The van der Waals surface area contributed by atoms with Crippen LogP contribution in [0, 0.1) is 27.7 Å². The van der Waals surface area contributed by atoms with Crippen LogP contribution in [0.2, 0.25) is 0 Å². The highest BCUT2D eigenvalue weighted by molar-refractivity contribution is 6.07. The third-order valence-corrected chi connectivity index (χ3v) is 7.45. The van der Waals surface area contributed by atoms with Gasteiger partial charge >= 0.3 is 11.9 Å². The number of carbonyl (C=O) groups is 2. The van der Waals surface area contributed by atoms with Crippen molar-refractivity contribution in [1.29, 1.82) is 0 Å². The molecule has 0 radical (unpaired) electrons. The van der Waals surface area contributed by atoms with E-state index in [0.29, 0.717) is 24.3 Å². The first-order valence-corrected chi connectivity index (χ1v) is 12.0. The summed E-state index contributed by atoms with van der Waals surface area (Å²) >= 11 is 0. The van der Waals surface area contributed by atoms with E-state index >= 15 is 0 Å². The van der Waals surface area contributed by atoms with Gasteiger partial charge in [0.1, 0.15) is 0 Å². The minimum atomic E-state index is -0.395. The molecule has 6 nitrogen and oxygen atoms in total. The van der Waals surface area contributed by atoms with Crippen LogP contribution in [0.3, 0.4) is 0 Å². The molecule has 34 heavy (non-hydrogen) atoms. The zero-order chi connectivity index (χ0) is 24.9. The summed E-state index contributed by atoms with van der Waals surface area (Å²) in [4.78, 5) is 26.9. The summed E-state index contributed by atoms with van der Waals surface area (Å²) in [6.07, 6.45) is -0.468. The molecular weight excluding hydrogens is 432 g/mol. The van der Waals surface area contributed by atoms with E-state index in [0.717, 1.165) is 55.6 Å². The fourth-order valence-electron chi connectivity index (χ4n) is 5.47. The highest BCUT2D eigenvalue weighted by atomic mass is 16.5. The van der Waals surface area contributed by atoms with E-state index in [1.165, 1.54) is 0 Å². The molecule has 2 aromatic rings. The van der Waals surface area contributed by atoms with Crippen LogP contribution in [-0.2, 0) is 32.2 Å². The lowest BCUT2D eigenvalue weighted by molar-refractivity contribution is 0.0513. The van der Waals surface area contributed by atoms with Gasteiger partial charge in [0.25, 0.3) is 0 Å². The summed E-state index contributed by atoms with van der Waals surface area (Å²) in [5.41, 5.74) is 10.2. The van der Waals surface area contributed by atoms with Crippen molar-refractivity contribution in [3.8, 4) is 11.1 Å². The lowest BCUT2D eigenvalue weighted by Gasteiger charge is -2.26. The maximum atomic E-state index is 13.4. The van der Waals surface area contributed by atoms with E-state index in [9.17, 15) is 9.59 Å². The summed E-state index contributed by atoms with van der Waals surface area (Å²) < 4.78 is 23.2. The van der Waals surface area contributed by atoms with E-state index in [1.807, 2.05) is 41.5 Å². The van der Waals surface area contributed by atoms with Crippen molar-refractivity contribution >= 4 is 11.9 Å². The minimum Gasteiger partial charge on any atom is -0.462 e. The Hall–Kier alpha value is -2.70. The fraction of sp³-hybridized carbons (Fsp3) is 0.500. The normalized spacial score (nSPS) is 18.6. The van der Waals surface area contributed by atoms with Crippen LogP contribution in [-0.4, -0.2) is 25.2 Å². The van der Waals surface area contributed by atoms with Gasteiger partial charge in [-0.25, -0.2) is 9.59 Å². The molecule has 2 aromatic carbocycles. The Kier molecular flexibility index (Phi) is 6.58. The first kappa shape index (κ1) is 24.4. The molecule has 0 fully saturated rings. The first-order valence-electron chi connectivity index (χ1n) is 12.0. The second-order valence-electron chi connectivity index (χ2n) is 9.13. The van der Waals surface area contributed by atoms with Gasteiger partial charge in [-0.3, -0.25) is 0 Å². The van der Waals surface area contributed by atoms with Crippen molar-refractivity contribution in [1.82, 2.24) is 0 Å². The number of hydrogen-bond acceptors (Lipinski definition) is 6. The molecular formula is C28H34O6. The molecule has 4 rings (SSSR count). The number of hydrogen-bond donors (Lipinski definition) is 0. The lowest BCUT2D eigenvalue weighted by atomic mass is 9.77. The average Bonchev–Trinajstić information content (AvgIpc) is 3.36. The molecule has 0 amide bonds. The topological polar surface area (TPSA) is 71.1 Å². The van der Waals surface area contributed by atoms with Crippen LogP contribution in [0.5, 0.6) is 0 Å². The van der Waals surface area contributed by atoms with Crippen molar-refractivity contribution in [3.63, 3.8) is 0 Å². The predicted octanol–water partition coefficient (Wildman–Crippen LogP) is 6.12. The first-order chi connectivity index (χ1) is 16.1. The van der Waals surface area contributed by atoms with Crippen molar-refractivity contribution in [2.75, 3.05) is 13.2 Å². The lowest BCUT2D eigenvalue weighted by Crippen LogP contribution is -2.18. The van der Waals surface area contributed by atoms with Crippen LogP contribution >= 0.6 is 0 Å². The predicted molar refractivity (Wildman–Crippen MR) is 129 cm³/mol. The molecule has 0 aliphatic carbocycles. The van der Waals surface area contributed by atoms with Gasteiger partial charge < -0.3 is 18.9 Å². The van der Waals surface area contributed by atoms with Gasteiger partial charge in [-0.1, -0.05) is 0 Å². The van der Waals surface area contributed by atoms with E-state index < -0.39 is 11.9 Å². The van der Waals surface area contributed by atoms with Gasteiger partial charge in [-0.15, -0.1) is 0 Å². The number of carbonyl (C=O) groups excluding carboxylic acids is 2. The minimum absolute atomic E-state index is 0.234. The molecule has 0 saturated carbocycles. The van der Waals surface area contributed by atoms with Crippen LogP contribution in [0.15, 0.2) is 0 Å². The molecule has 0 bridgehead atoms. The quantitative estimate of drug-likeness (QED) is 0.494. The van der Waals surface area contributed by atoms with E-state index in [-0.39, 0.29) is 25.4 Å². The second kappa shape index (κ2) is 9.16. The van der Waals surface area contributed by atoms with Gasteiger partial charge in [0.05, 0.1) is 49.8 Å². The number of fused-ring (bicyclic) bond motifs is 2. The summed E-state index contributed by atoms with van der Waals surface area (Å²) in [5, 5.41) is 0. The third-order valence-electron chi connectivity index (χ3n) is 7.45. The Morgan fingerprint density at radius 2 is 1.06 bits per heavy atom. The van der Waals surface area contributed by atoms with E-state index in [1.54, 1.807) is 13.8 Å². The van der Waals surface area contributed by atoms with Gasteiger partial charge in [0.15, 0.2) is 0 Å². The van der Waals surface area contributed by atoms with Crippen LogP contribution < -0.4 is 0 Å². The monoisotopic (exact) mass is 466 g/mol. The SMILES string of the molecule is CCOC(=O)c1c(C)c(C)c2c(c1-c1c(C(=O)OCC)c(C)c(C)c3c1[C@@H](C)OC3)[C@@H](C)OC2.